The molecule has 0 unspecified atom stereocenters. The Kier molecular flexibility index (Phi) is 5.75. The van der Waals surface area contributed by atoms with Gasteiger partial charge in [0.2, 0.25) is 4.80 Å². The first kappa shape index (κ1) is 21.3. The van der Waals surface area contributed by atoms with E-state index in [0.717, 1.165) is 16.8 Å². The van der Waals surface area contributed by atoms with Crippen molar-refractivity contribution >= 4 is 35.0 Å². The van der Waals surface area contributed by atoms with Crippen LogP contribution in [0.2, 0.25) is 0 Å². The minimum absolute atomic E-state index is 0.0209. The summed E-state index contributed by atoms with van der Waals surface area (Å²) >= 11 is 1.40. The van der Waals surface area contributed by atoms with Gasteiger partial charge in [-0.1, -0.05) is 30.3 Å². The van der Waals surface area contributed by atoms with Gasteiger partial charge in [0.1, 0.15) is 10.7 Å². The largest absolute Gasteiger partial charge is 0.482 e. The number of carbonyl (C=O) groups is 1. The molecule has 0 radical (unpaired) electrons. The smallest absolute Gasteiger partial charge is 0.433 e. The van der Waals surface area contributed by atoms with Crippen LogP contribution < -0.4 is 14.9 Å². The molecule has 1 amide bonds. The number of thiazole rings is 1. The van der Waals surface area contributed by atoms with Crippen LogP contribution in [0.3, 0.4) is 0 Å². The van der Waals surface area contributed by atoms with Crippen LogP contribution in [0.1, 0.15) is 11.3 Å². The molecule has 4 aromatic rings. The Morgan fingerprint density at radius 3 is 2.82 bits per heavy atom. The highest BCUT2D eigenvalue weighted by Gasteiger charge is 2.18. The number of hydrogen-bond donors (Lipinski definition) is 1. The Morgan fingerprint density at radius 1 is 1.18 bits per heavy atom. The quantitative estimate of drug-likeness (QED) is 0.256. The van der Waals surface area contributed by atoms with Crippen molar-refractivity contribution in [2.24, 2.45) is 10.1 Å². The normalized spacial score (nSPS) is 13.5. The van der Waals surface area contributed by atoms with Gasteiger partial charge >= 0.3 is 5.88 Å². The van der Waals surface area contributed by atoms with Crippen LogP contribution >= 0.6 is 11.3 Å². The number of fused-ring (bicyclic) bond motifs is 1. The third-order valence-electron chi connectivity index (χ3n) is 4.93. The van der Waals surface area contributed by atoms with Gasteiger partial charge in [-0.2, -0.15) is 5.10 Å². The Bertz CT molecular complexity index is 1470. The fourth-order valence-electron chi connectivity index (χ4n) is 3.33. The zero-order valence-electron chi connectivity index (χ0n) is 17.6. The summed E-state index contributed by atoms with van der Waals surface area (Å²) in [7, 11) is 0. The van der Waals surface area contributed by atoms with Gasteiger partial charge in [-0.05, 0) is 29.8 Å². The minimum atomic E-state index is -0.607. The molecule has 0 spiro atoms. The van der Waals surface area contributed by atoms with Crippen LogP contribution in [0.4, 0.5) is 11.6 Å². The van der Waals surface area contributed by atoms with Crippen molar-refractivity contribution in [1.82, 2.24) is 4.68 Å². The van der Waals surface area contributed by atoms with Gasteiger partial charge < -0.3 is 14.5 Å². The summed E-state index contributed by atoms with van der Waals surface area (Å²) in [5, 5.41) is 20.1. The number of amides is 1. The average molecular weight is 475 g/mol. The molecule has 10 nitrogen and oxygen atoms in total. The zero-order chi connectivity index (χ0) is 23.5. The first-order valence-corrected chi connectivity index (χ1v) is 11.1. The molecule has 170 valence electrons. The first-order chi connectivity index (χ1) is 16.6. The number of nitrogens with one attached hydrogen (secondary N) is 1. The number of benzene rings is 2. The molecule has 1 aliphatic heterocycles. The van der Waals surface area contributed by atoms with E-state index in [0.29, 0.717) is 22.8 Å². The van der Waals surface area contributed by atoms with E-state index in [1.54, 1.807) is 16.8 Å². The maximum Gasteiger partial charge on any atom is 0.433 e. The molecule has 0 saturated heterocycles. The van der Waals surface area contributed by atoms with Crippen LogP contribution in [0.5, 0.6) is 5.75 Å². The van der Waals surface area contributed by atoms with Crippen LogP contribution in [0.25, 0.3) is 11.3 Å². The van der Waals surface area contributed by atoms with E-state index in [1.807, 2.05) is 41.8 Å². The van der Waals surface area contributed by atoms with Gasteiger partial charge in [0, 0.05) is 10.9 Å². The number of ether oxygens (including phenoxy) is 1. The number of nitrogens with zero attached hydrogens (tertiary/aromatic N) is 4. The van der Waals surface area contributed by atoms with Crippen LogP contribution in [0.15, 0.2) is 80.6 Å². The van der Waals surface area contributed by atoms with E-state index in [-0.39, 0.29) is 24.2 Å². The average Bonchev–Trinajstić information content (AvgIpc) is 3.49. The minimum Gasteiger partial charge on any atom is -0.482 e. The topological polar surface area (TPSA) is 124 Å². The molecule has 0 fully saturated rings. The summed E-state index contributed by atoms with van der Waals surface area (Å²) in [6.07, 6.45) is 1.40. The number of aromatic nitrogens is 1. The summed E-state index contributed by atoms with van der Waals surface area (Å²) in [4.78, 5) is 27.4. The number of nitro groups is 1. The zero-order valence-corrected chi connectivity index (χ0v) is 18.4. The molecule has 2 aromatic carbocycles. The second kappa shape index (κ2) is 9.16. The highest BCUT2D eigenvalue weighted by Crippen LogP contribution is 2.33. The first-order valence-electron chi connectivity index (χ1n) is 10.2. The highest BCUT2D eigenvalue weighted by atomic mass is 32.1. The molecule has 11 heteroatoms. The molecule has 5 rings (SSSR count). The summed E-state index contributed by atoms with van der Waals surface area (Å²) < 4.78 is 12.3. The predicted molar refractivity (Wildman–Crippen MR) is 126 cm³/mol. The Labute approximate surface area is 196 Å². The lowest BCUT2D eigenvalue weighted by Crippen LogP contribution is -2.25. The number of hydrogen-bond acceptors (Lipinski definition) is 8. The van der Waals surface area contributed by atoms with E-state index >= 15 is 0 Å². The lowest BCUT2D eigenvalue weighted by Gasteiger charge is -2.18. The molecule has 1 aliphatic rings. The maximum atomic E-state index is 11.7. The van der Waals surface area contributed by atoms with Gasteiger partial charge in [0.05, 0.1) is 30.2 Å². The molecule has 1 N–H and O–H groups in total. The Morgan fingerprint density at radius 2 is 2.03 bits per heavy atom. The molecule has 0 saturated carbocycles. The van der Waals surface area contributed by atoms with Crippen molar-refractivity contribution in [2.45, 2.75) is 6.54 Å². The highest BCUT2D eigenvalue weighted by molar-refractivity contribution is 7.07. The molecule has 3 heterocycles. The lowest BCUT2D eigenvalue weighted by atomic mass is 10.1. The number of rotatable bonds is 6. The fourth-order valence-corrected chi connectivity index (χ4v) is 4.16. The third-order valence-corrected chi connectivity index (χ3v) is 5.78. The van der Waals surface area contributed by atoms with Gasteiger partial charge in [0.15, 0.2) is 12.4 Å². The van der Waals surface area contributed by atoms with Gasteiger partial charge in [-0.3, -0.25) is 19.9 Å². The monoisotopic (exact) mass is 475 g/mol. The summed E-state index contributed by atoms with van der Waals surface area (Å²) in [6.45, 7) is 0.434. The SMILES string of the molecule is O=C1COc2ccc(-c3csc(=NCc4ccccc4)n3N=Cc3ccc([N+](=O)[O-])o3)cc2N1. The van der Waals surface area contributed by atoms with Gasteiger partial charge in [-0.25, -0.2) is 4.68 Å². The second-order valence-electron chi connectivity index (χ2n) is 7.24. The Balaban J connectivity index is 1.55. The lowest BCUT2D eigenvalue weighted by molar-refractivity contribution is -0.402. The molecule has 2 aromatic heterocycles. The van der Waals surface area contributed by atoms with Crippen molar-refractivity contribution in [3.8, 4) is 17.0 Å². The molecular weight excluding hydrogens is 458 g/mol. The Hall–Kier alpha value is -4.51. The van der Waals surface area contributed by atoms with E-state index < -0.39 is 4.92 Å². The summed E-state index contributed by atoms with van der Waals surface area (Å²) in [5.41, 5.74) is 3.12. The third kappa shape index (κ3) is 4.50. The molecule has 0 bridgehead atoms. The van der Waals surface area contributed by atoms with Crippen LogP contribution in [-0.2, 0) is 11.3 Å². The van der Waals surface area contributed by atoms with E-state index in [2.05, 4.69) is 10.4 Å². The number of furan rings is 1. The van der Waals surface area contributed by atoms with E-state index in [9.17, 15) is 14.9 Å². The number of anilines is 1. The fraction of sp³-hybridized carbons (Fsp3) is 0.0870. The molecule has 0 aliphatic carbocycles. The summed E-state index contributed by atoms with van der Waals surface area (Å²) in [5.74, 6) is 0.234. The van der Waals surface area contributed by atoms with Crippen LogP contribution in [-0.4, -0.2) is 28.3 Å². The standard InChI is InChI=1S/C23H17N5O5S/c29-21-13-32-20-8-6-16(10-18(20)26-21)19-14-34-23(24-11-15-4-2-1-3-5-15)27(19)25-12-17-7-9-22(33-17)28(30)31/h1-10,12,14H,11,13H2,(H,26,29). The second-order valence-corrected chi connectivity index (χ2v) is 8.08. The van der Waals surface area contributed by atoms with Crippen molar-refractivity contribution in [2.75, 3.05) is 11.9 Å². The van der Waals surface area contributed by atoms with Crippen molar-refractivity contribution in [3.63, 3.8) is 0 Å². The van der Waals surface area contributed by atoms with Crippen LogP contribution in [0, 0.1) is 10.1 Å². The molecular formula is C23H17N5O5S. The van der Waals surface area contributed by atoms with Gasteiger partial charge in [0.25, 0.3) is 5.91 Å². The number of carbonyl (C=O) groups excluding carboxylic acids is 1. The molecule has 34 heavy (non-hydrogen) atoms. The van der Waals surface area contributed by atoms with Crippen molar-refractivity contribution in [3.05, 3.63) is 92.3 Å². The molecule has 0 atom stereocenters. The summed E-state index contributed by atoms with van der Waals surface area (Å²) in [6, 6.07) is 18.0. The van der Waals surface area contributed by atoms with E-state index in [1.165, 1.54) is 29.7 Å². The van der Waals surface area contributed by atoms with Crippen molar-refractivity contribution in [1.29, 1.82) is 0 Å². The maximum absolute atomic E-state index is 11.7. The van der Waals surface area contributed by atoms with Gasteiger partial charge in [-0.15, -0.1) is 11.3 Å². The predicted octanol–water partition coefficient (Wildman–Crippen LogP) is 4.03. The van der Waals surface area contributed by atoms with E-state index in [4.69, 9.17) is 14.1 Å². The van der Waals surface area contributed by atoms with Crippen molar-refractivity contribution < 1.29 is 18.9 Å².